The molecule has 0 atom stereocenters. The lowest BCUT2D eigenvalue weighted by atomic mass is 10.2. The maximum atomic E-state index is 11.9. The van der Waals surface area contributed by atoms with E-state index in [0.29, 0.717) is 6.54 Å². The molecule has 1 aromatic rings. The quantitative estimate of drug-likeness (QED) is 0.813. The van der Waals surface area contributed by atoms with E-state index in [1.807, 2.05) is 12.1 Å². The van der Waals surface area contributed by atoms with Crippen molar-refractivity contribution in [3.05, 3.63) is 29.8 Å². The average Bonchev–Trinajstić information content (AvgIpc) is 3.37. The molecule has 126 valence electrons. The summed E-state index contributed by atoms with van der Waals surface area (Å²) in [5.74, 6) is 0.854. The normalized spacial score (nSPS) is 19.3. The van der Waals surface area contributed by atoms with Crippen LogP contribution >= 0.6 is 0 Å². The summed E-state index contributed by atoms with van der Waals surface area (Å²) < 4.78 is 0. The molecule has 2 fully saturated rings. The third-order valence-corrected chi connectivity index (χ3v) is 4.76. The number of hydrogen-bond donors (Lipinski definition) is 2. The van der Waals surface area contributed by atoms with Gasteiger partial charge in [-0.15, -0.1) is 0 Å². The first-order valence-corrected chi connectivity index (χ1v) is 9.11. The minimum Gasteiger partial charge on any atom is -0.325 e. The first kappa shape index (κ1) is 16.5. The summed E-state index contributed by atoms with van der Waals surface area (Å²) in [6, 6.07) is 8.31. The van der Waals surface area contributed by atoms with Crippen molar-refractivity contribution in [1.82, 2.24) is 10.2 Å². The molecule has 0 bridgehead atoms. The Kier molecular flexibility index (Phi) is 6.06. The van der Waals surface area contributed by atoms with E-state index in [2.05, 4.69) is 27.7 Å². The molecule has 23 heavy (non-hydrogen) atoms. The van der Waals surface area contributed by atoms with Gasteiger partial charge in [0.1, 0.15) is 0 Å². The molecule has 1 heterocycles. The lowest BCUT2D eigenvalue weighted by Gasteiger charge is -2.19. The van der Waals surface area contributed by atoms with Crippen molar-refractivity contribution in [3.63, 3.8) is 0 Å². The molecular weight excluding hydrogens is 286 g/mol. The van der Waals surface area contributed by atoms with Gasteiger partial charge in [0.05, 0.1) is 6.54 Å². The number of nitrogens with zero attached hydrogens (tertiary/aromatic N) is 1. The van der Waals surface area contributed by atoms with Crippen LogP contribution in [0.15, 0.2) is 24.3 Å². The predicted octanol–water partition coefficient (Wildman–Crippen LogP) is 3.00. The van der Waals surface area contributed by atoms with Gasteiger partial charge in [-0.25, -0.2) is 0 Å². The number of carbonyl (C=O) groups excluding carboxylic acids is 1. The largest absolute Gasteiger partial charge is 0.325 e. The van der Waals surface area contributed by atoms with Crippen LogP contribution in [-0.4, -0.2) is 37.0 Å². The monoisotopic (exact) mass is 315 g/mol. The van der Waals surface area contributed by atoms with Crippen molar-refractivity contribution < 1.29 is 4.79 Å². The zero-order valence-electron chi connectivity index (χ0n) is 14.0. The highest BCUT2D eigenvalue weighted by Gasteiger charge is 2.20. The highest BCUT2D eigenvalue weighted by molar-refractivity contribution is 5.92. The number of rotatable bonds is 7. The van der Waals surface area contributed by atoms with Gasteiger partial charge >= 0.3 is 0 Å². The maximum absolute atomic E-state index is 11.9. The molecular formula is C19H29N3O. The van der Waals surface area contributed by atoms with Gasteiger partial charge in [0.2, 0.25) is 5.91 Å². The molecule has 4 heteroatoms. The van der Waals surface area contributed by atoms with E-state index in [1.54, 1.807) is 0 Å². The zero-order chi connectivity index (χ0) is 15.9. The van der Waals surface area contributed by atoms with Gasteiger partial charge in [-0.2, -0.15) is 0 Å². The van der Waals surface area contributed by atoms with E-state index in [0.717, 1.165) is 24.7 Å². The summed E-state index contributed by atoms with van der Waals surface area (Å²) in [6.45, 7) is 4.84. The number of anilines is 1. The summed E-state index contributed by atoms with van der Waals surface area (Å²) in [4.78, 5) is 14.4. The molecule has 0 spiro atoms. The van der Waals surface area contributed by atoms with Gasteiger partial charge in [-0.1, -0.05) is 25.0 Å². The zero-order valence-corrected chi connectivity index (χ0v) is 14.0. The van der Waals surface area contributed by atoms with Gasteiger partial charge in [-0.3, -0.25) is 9.69 Å². The van der Waals surface area contributed by atoms with Crippen molar-refractivity contribution in [1.29, 1.82) is 0 Å². The van der Waals surface area contributed by atoms with E-state index in [-0.39, 0.29) is 5.91 Å². The maximum Gasteiger partial charge on any atom is 0.238 e. The Morgan fingerprint density at radius 3 is 2.39 bits per heavy atom. The van der Waals surface area contributed by atoms with Crippen molar-refractivity contribution in [3.8, 4) is 0 Å². The van der Waals surface area contributed by atoms with Crippen LogP contribution in [0, 0.1) is 5.92 Å². The lowest BCUT2D eigenvalue weighted by molar-refractivity contribution is -0.115. The second-order valence-corrected chi connectivity index (χ2v) is 7.01. The molecule has 1 aromatic carbocycles. The summed E-state index contributed by atoms with van der Waals surface area (Å²) in [5, 5.41) is 6.18. The first-order valence-electron chi connectivity index (χ1n) is 9.11. The molecule has 1 aliphatic carbocycles. The summed E-state index contributed by atoms with van der Waals surface area (Å²) >= 11 is 0. The minimum atomic E-state index is 0.0471. The molecule has 0 radical (unpaired) electrons. The van der Waals surface area contributed by atoms with Gasteiger partial charge in [0.25, 0.3) is 0 Å². The van der Waals surface area contributed by atoms with Crippen LogP contribution in [-0.2, 0) is 11.3 Å². The second kappa shape index (κ2) is 8.46. The highest BCUT2D eigenvalue weighted by atomic mass is 16.1. The lowest BCUT2D eigenvalue weighted by Crippen LogP contribution is -2.29. The van der Waals surface area contributed by atoms with E-state index in [1.165, 1.54) is 57.2 Å². The molecule has 1 amide bonds. The van der Waals surface area contributed by atoms with E-state index >= 15 is 0 Å². The van der Waals surface area contributed by atoms with Crippen molar-refractivity contribution in [2.45, 2.75) is 45.1 Å². The first-order chi connectivity index (χ1) is 11.3. The van der Waals surface area contributed by atoms with Gasteiger partial charge in [0, 0.05) is 12.2 Å². The fourth-order valence-electron chi connectivity index (χ4n) is 3.16. The number of likely N-dealkylation sites (tertiary alicyclic amines) is 1. The number of carbonyl (C=O) groups is 1. The van der Waals surface area contributed by atoms with Crippen LogP contribution in [0.4, 0.5) is 5.69 Å². The summed E-state index contributed by atoms with van der Waals surface area (Å²) in [7, 11) is 0. The smallest absolute Gasteiger partial charge is 0.238 e. The Morgan fingerprint density at radius 2 is 1.74 bits per heavy atom. The number of benzene rings is 1. The van der Waals surface area contributed by atoms with Crippen LogP contribution in [0.2, 0.25) is 0 Å². The number of amides is 1. The minimum absolute atomic E-state index is 0.0471. The van der Waals surface area contributed by atoms with Crippen molar-refractivity contribution in [2.75, 3.05) is 31.5 Å². The molecule has 2 N–H and O–H groups in total. The second-order valence-electron chi connectivity index (χ2n) is 7.01. The highest BCUT2D eigenvalue weighted by Crippen LogP contribution is 2.27. The van der Waals surface area contributed by atoms with Gasteiger partial charge < -0.3 is 10.6 Å². The Balaban J connectivity index is 1.41. The summed E-state index contributed by atoms with van der Waals surface area (Å²) in [6.07, 6.45) is 8.01. The fourth-order valence-corrected chi connectivity index (χ4v) is 3.16. The molecule has 2 aliphatic rings. The number of hydrogen-bond acceptors (Lipinski definition) is 3. The predicted molar refractivity (Wildman–Crippen MR) is 94.4 cm³/mol. The molecule has 1 aliphatic heterocycles. The van der Waals surface area contributed by atoms with Crippen molar-refractivity contribution in [2.24, 2.45) is 5.92 Å². The van der Waals surface area contributed by atoms with Crippen LogP contribution in [0.1, 0.15) is 44.1 Å². The van der Waals surface area contributed by atoms with Crippen LogP contribution < -0.4 is 10.6 Å². The molecule has 4 nitrogen and oxygen atoms in total. The van der Waals surface area contributed by atoms with E-state index in [9.17, 15) is 4.79 Å². The topological polar surface area (TPSA) is 44.4 Å². The summed E-state index contributed by atoms with van der Waals surface area (Å²) in [5.41, 5.74) is 2.22. The van der Waals surface area contributed by atoms with E-state index in [4.69, 9.17) is 0 Å². The Hall–Kier alpha value is -1.39. The van der Waals surface area contributed by atoms with Gasteiger partial charge in [-0.05, 0) is 68.9 Å². The van der Waals surface area contributed by atoms with Crippen molar-refractivity contribution >= 4 is 11.6 Å². The third kappa shape index (κ3) is 5.96. The Bertz CT molecular complexity index is 488. The Labute approximate surface area is 139 Å². The standard InChI is InChI=1S/C19H29N3O/c23-19(14-20-13-16-5-6-16)21-18-9-7-17(8-10-18)15-22-11-3-1-2-4-12-22/h7-10,16,20H,1-6,11-15H2,(H,21,23). The van der Waals surface area contributed by atoms with Gasteiger partial charge in [0.15, 0.2) is 0 Å². The number of nitrogens with one attached hydrogen (secondary N) is 2. The third-order valence-electron chi connectivity index (χ3n) is 4.76. The molecule has 3 rings (SSSR count). The molecule has 1 saturated heterocycles. The average molecular weight is 315 g/mol. The molecule has 1 saturated carbocycles. The fraction of sp³-hybridized carbons (Fsp3) is 0.632. The van der Waals surface area contributed by atoms with Crippen LogP contribution in [0.3, 0.4) is 0 Å². The Morgan fingerprint density at radius 1 is 1.04 bits per heavy atom. The molecule has 0 aromatic heterocycles. The van der Waals surface area contributed by atoms with Crippen LogP contribution in [0.5, 0.6) is 0 Å². The van der Waals surface area contributed by atoms with E-state index < -0.39 is 0 Å². The van der Waals surface area contributed by atoms with Crippen LogP contribution in [0.25, 0.3) is 0 Å². The molecule has 0 unspecified atom stereocenters. The SMILES string of the molecule is O=C(CNCC1CC1)Nc1ccc(CN2CCCCCC2)cc1.